The first-order valence-electron chi connectivity index (χ1n) is 6.63. The summed E-state index contributed by atoms with van der Waals surface area (Å²) in [7, 11) is 0. The molecular weight excluding hydrogens is 256 g/mol. The molecule has 2 heterocycles. The summed E-state index contributed by atoms with van der Waals surface area (Å²) in [5.74, 6) is -0.894. The first-order valence-corrected chi connectivity index (χ1v) is 6.63. The number of para-hydroxylation sites is 1. The van der Waals surface area contributed by atoms with Crippen molar-refractivity contribution < 1.29 is 14.6 Å². The molecule has 1 unspecified atom stereocenters. The summed E-state index contributed by atoms with van der Waals surface area (Å²) in [6.45, 7) is 2.35. The fourth-order valence-corrected chi connectivity index (χ4v) is 2.53. The van der Waals surface area contributed by atoms with Crippen molar-refractivity contribution in [2.75, 3.05) is 19.7 Å². The number of fused-ring (bicyclic) bond motifs is 1. The molecule has 1 aliphatic heterocycles. The number of aliphatic carboxylic acids is 1. The van der Waals surface area contributed by atoms with E-state index in [0.29, 0.717) is 13.2 Å². The Morgan fingerprint density at radius 1 is 1.40 bits per heavy atom. The Labute approximate surface area is 116 Å². The topological polar surface area (TPSA) is 62.7 Å². The molecule has 1 aromatic carbocycles. The van der Waals surface area contributed by atoms with Crippen molar-refractivity contribution in [3.8, 4) is 0 Å². The highest BCUT2D eigenvalue weighted by atomic mass is 16.5. The summed E-state index contributed by atoms with van der Waals surface area (Å²) in [6.07, 6.45) is 1.07. The van der Waals surface area contributed by atoms with Crippen LogP contribution in [0.4, 0.5) is 0 Å². The van der Waals surface area contributed by atoms with Crippen LogP contribution in [0.5, 0.6) is 0 Å². The number of pyridine rings is 1. The summed E-state index contributed by atoms with van der Waals surface area (Å²) in [6, 6.07) is 9.99. The van der Waals surface area contributed by atoms with Gasteiger partial charge in [-0.3, -0.25) is 9.88 Å². The number of morpholine rings is 1. The average molecular weight is 272 g/mol. The maximum absolute atomic E-state index is 11.0. The van der Waals surface area contributed by atoms with E-state index >= 15 is 0 Å². The molecule has 1 fully saturated rings. The fraction of sp³-hybridized carbons (Fsp3) is 0.333. The van der Waals surface area contributed by atoms with Crippen LogP contribution >= 0.6 is 0 Å². The summed E-state index contributed by atoms with van der Waals surface area (Å²) >= 11 is 0. The fourth-order valence-electron chi connectivity index (χ4n) is 2.53. The largest absolute Gasteiger partial charge is 0.479 e. The molecule has 3 rings (SSSR count). The number of rotatable bonds is 3. The second kappa shape index (κ2) is 5.56. The molecular formula is C15H16N2O3. The number of carboxylic acids is 1. The zero-order chi connectivity index (χ0) is 13.9. The van der Waals surface area contributed by atoms with Gasteiger partial charge < -0.3 is 9.84 Å². The molecule has 20 heavy (non-hydrogen) atoms. The number of hydrogen-bond donors (Lipinski definition) is 1. The number of benzene rings is 1. The predicted molar refractivity (Wildman–Crippen MR) is 74.4 cm³/mol. The van der Waals surface area contributed by atoms with Crippen LogP contribution in [0.25, 0.3) is 10.9 Å². The number of hydrogen-bond acceptors (Lipinski definition) is 4. The van der Waals surface area contributed by atoms with Crippen LogP contribution in [0, 0.1) is 0 Å². The highest BCUT2D eigenvalue weighted by molar-refractivity contribution is 5.81. The number of nitrogens with zero attached hydrogens (tertiary/aromatic N) is 2. The molecule has 0 spiro atoms. The number of aromatic nitrogens is 1. The van der Waals surface area contributed by atoms with Gasteiger partial charge in [-0.15, -0.1) is 0 Å². The molecule has 0 amide bonds. The van der Waals surface area contributed by atoms with Crippen molar-refractivity contribution in [2.24, 2.45) is 0 Å². The molecule has 5 heteroatoms. The van der Waals surface area contributed by atoms with E-state index in [4.69, 9.17) is 9.84 Å². The third-order valence-electron chi connectivity index (χ3n) is 3.56. The SMILES string of the molecule is O=C(O)C1CN(Cc2ccnc3ccccc23)CCO1. The maximum atomic E-state index is 11.0. The van der Waals surface area contributed by atoms with Gasteiger partial charge in [-0.05, 0) is 17.7 Å². The normalized spacial score (nSPS) is 20.1. The van der Waals surface area contributed by atoms with E-state index in [9.17, 15) is 4.79 Å². The van der Waals surface area contributed by atoms with E-state index in [1.165, 1.54) is 5.56 Å². The lowest BCUT2D eigenvalue weighted by Crippen LogP contribution is -2.45. The van der Waals surface area contributed by atoms with Crippen LogP contribution in [0.3, 0.4) is 0 Å². The molecule has 1 saturated heterocycles. The van der Waals surface area contributed by atoms with Gasteiger partial charge in [0.25, 0.3) is 0 Å². The Morgan fingerprint density at radius 2 is 2.25 bits per heavy atom. The third kappa shape index (κ3) is 2.64. The van der Waals surface area contributed by atoms with Gasteiger partial charge in [-0.1, -0.05) is 18.2 Å². The lowest BCUT2D eigenvalue weighted by molar-refractivity contribution is -0.156. The van der Waals surface area contributed by atoms with Crippen LogP contribution in [0.1, 0.15) is 5.56 Å². The van der Waals surface area contributed by atoms with Crippen molar-refractivity contribution in [2.45, 2.75) is 12.6 Å². The van der Waals surface area contributed by atoms with E-state index in [0.717, 1.165) is 24.0 Å². The lowest BCUT2D eigenvalue weighted by Gasteiger charge is -2.31. The van der Waals surface area contributed by atoms with E-state index in [-0.39, 0.29) is 0 Å². The zero-order valence-electron chi connectivity index (χ0n) is 11.0. The first kappa shape index (κ1) is 13.0. The molecule has 0 bridgehead atoms. The standard InChI is InChI=1S/C15H16N2O3/c18-15(19)14-10-17(7-8-20-14)9-11-5-6-16-13-4-2-1-3-12(11)13/h1-6,14H,7-10H2,(H,18,19). The van der Waals surface area contributed by atoms with Gasteiger partial charge in [0, 0.05) is 31.2 Å². The van der Waals surface area contributed by atoms with E-state index < -0.39 is 12.1 Å². The minimum atomic E-state index is -0.894. The maximum Gasteiger partial charge on any atom is 0.334 e. The second-order valence-electron chi connectivity index (χ2n) is 4.92. The van der Waals surface area contributed by atoms with E-state index in [2.05, 4.69) is 9.88 Å². The first-order chi connectivity index (χ1) is 9.74. The van der Waals surface area contributed by atoms with Crippen molar-refractivity contribution in [3.63, 3.8) is 0 Å². The highest BCUT2D eigenvalue weighted by Gasteiger charge is 2.26. The summed E-state index contributed by atoms with van der Waals surface area (Å²) in [5, 5.41) is 10.2. The molecule has 2 aromatic rings. The zero-order valence-corrected chi connectivity index (χ0v) is 11.0. The average Bonchev–Trinajstić information content (AvgIpc) is 2.48. The minimum Gasteiger partial charge on any atom is -0.479 e. The number of carboxylic acid groups (broad SMARTS) is 1. The summed E-state index contributed by atoms with van der Waals surface area (Å²) in [4.78, 5) is 17.5. The molecule has 0 radical (unpaired) electrons. The summed E-state index contributed by atoms with van der Waals surface area (Å²) in [5.41, 5.74) is 2.13. The number of ether oxygens (including phenoxy) is 1. The van der Waals surface area contributed by atoms with Gasteiger partial charge in [-0.25, -0.2) is 4.79 Å². The van der Waals surface area contributed by atoms with Gasteiger partial charge >= 0.3 is 5.97 Å². The molecule has 0 aliphatic carbocycles. The third-order valence-corrected chi connectivity index (χ3v) is 3.56. The van der Waals surface area contributed by atoms with Crippen molar-refractivity contribution in [1.82, 2.24) is 9.88 Å². The van der Waals surface area contributed by atoms with Gasteiger partial charge in [0.2, 0.25) is 0 Å². The van der Waals surface area contributed by atoms with Crippen LogP contribution < -0.4 is 0 Å². The Bertz CT molecular complexity index is 624. The molecule has 0 saturated carbocycles. The number of carbonyl (C=O) groups is 1. The molecule has 5 nitrogen and oxygen atoms in total. The smallest absolute Gasteiger partial charge is 0.334 e. The highest BCUT2D eigenvalue weighted by Crippen LogP contribution is 2.19. The van der Waals surface area contributed by atoms with Gasteiger partial charge in [0.05, 0.1) is 12.1 Å². The monoisotopic (exact) mass is 272 g/mol. The molecule has 1 aromatic heterocycles. The minimum absolute atomic E-state index is 0.423. The van der Waals surface area contributed by atoms with Crippen molar-refractivity contribution >= 4 is 16.9 Å². The van der Waals surface area contributed by atoms with Gasteiger partial charge in [0.1, 0.15) is 0 Å². The Balaban J connectivity index is 1.81. The van der Waals surface area contributed by atoms with Crippen LogP contribution in [-0.2, 0) is 16.1 Å². The molecule has 1 aliphatic rings. The van der Waals surface area contributed by atoms with Crippen LogP contribution in [0.15, 0.2) is 36.5 Å². The van der Waals surface area contributed by atoms with E-state index in [1.807, 2.05) is 30.3 Å². The van der Waals surface area contributed by atoms with Crippen LogP contribution in [0.2, 0.25) is 0 Å². The van der Waals surface area contributed by atoms with Gasteiger partial charge in [0.15, 0.2) is 6.10 Å². The lowest BCUT2D eigenvalue weighted by atomic mass is 10.1. The second-order valence-corrected chi connectivity index (χ2v) is 4.92. The summed E-state index contributed by atoms with van der Waals surface area (Å²) < 4.78 is 5.24. The quantitative estimate of drug-likeness (QED) is 0.918. The molecule has 1 N–H and O–H groups in total. The van der Waals surface area contributed by atoms with Crippen molar-refractivity contribution in [1.29, 1.82) is 0 Å². The molecule has 1 atom stereocenters. The van der Waals surface area contributed by atoms with Crippen molar-refractivity contribution in [3.05, 3.63) is 42.1 Å². The van der Waals surface area contributed by atoms with E-state index in [1.54, 1.807) is 6.20 Å². The Morgan fingerprint density at radius 3 is 3.10 bits per heavy atom. The Kier molecular flexibility index (Phi) is 3.62. The van der Waals surface area contributed by atoms with Crippen LogP contribution in [-0.4, -0.2) is 46.8 Å². The van der Waals surface area contributed by atoms with Gasteiger partial charge in [-0.2, -0.15) is 0 Å². The Hall–Kier alpha value is -1.98. The molecule has 104 valence electrons. The predicted octanol–water partition coefficient (Wildman–Crippen LogP) is 1.52.